The molecule has 22 heavy (non-hydrogen) atoms. The van der Waals surface area contributed by atoms with Crippen molar-refractivity contribution in [2.24, 2.45) is 29.1 Å². The number of aliphatic hydroxyl groups is 3. The van der Waals surface area contributed by atoms with Crippen molar-refractivity contribution in [2.45, 2.75) is 81.3 Å². The quantitative estimate of drug-likeness (QED) is 0.517. The van der Waals surface area contributed by atoms with E-state index in [-0.39, 0.29) is 34.2 Å². The summed E-state index contributed by atoms with van der Waals surface area (Å²) in [6.07, 6.45) is 6.86. The molecule has 0 bridgehead atoms. The third kappa shape index (κ3) is 1.93. The molecule has 0 aliphatic heterocycles. The van der Waals surface area contributed by atoms with E-state index in [2.05, 4.69) is 6.92 Å². The standard InChI is InChI=1S/C18H30O3S/c1-17-7-3-2-4-10(17)14(21)9-18(22)11-5-6-12(19)16(11)13(20)8-15(17)18/h10-16,19-22H,2-9H2,1H3. The maximum Gasteiger partial charge on any atom is 0.0599 e. The van der Waals surface area contributed by atoms with E-state index in [9.17, 15) is 15.3 Å². The van der Waals surface area contributed by atoms with Gasteiger partial charge >= 0.3 is 0 Å². The molecular weight excluding hydrogens is 296 g/mol. The molecule has 0 radical (unpaired) electrons. The Kier molecular flexibility index (Phi) is 3.66. The minimum absolute atomic E-state index is 0.0373. The van der Waals surface area contributed by atoms with Crippen LogP contribution in [0.3, 0.4) is 0 Å². The van der Waals surface area contributed by atoms with Crippen molar-refractivity contribution < 1.29 is 15.3 Å². The number of hydrogen-bond donors (Lipinski definition) is 4. The van der Waals surface area contributed by atoms with E-state index in [4.69, 9.17) is 12.6 Å². The van der Waals surface area contributed by atoms with E-state index in [0.717, 1.165) is 38.5 Å². The predicted octanol–water partition coefficient (Wildman–Crippen LogP) is 2.38. The second-order valence-electron chi connectivity index (χ2n) is 8.80. The molecule has 4 heteroatoms. The molecule has 4 aliphatic rings. The van der Waals surface area contributed by atoms with Crippen LogP contribution in [-0.2, 0) is 0 Å². The lowest BCUT2D eigenvalue weighted by Gasteiger charge is -2.64. The van der Waals surface area contributed by atoms with Gasteiger partial charge < -0.3 is 15.3 Å². The largest absolute Gasteiger partial charge is 0.393 e. The smallest absolute Gasteiger partial charge is 0.0599 e. The molecule has 4 rings (SSSR count). The highest BCUT2D eigenvalue weighted by Gasteiger charge is 2.65. The lowest BCUT2D eigenvalue weighted by atomic mass is 9.45. The van der Waals surface area contributed by atoms with Crippen molar-refractivity contribution in [2.75, 3.05) is 0 Å². The summed E-state index contributed by atoms with van der Waals surface area (Å²) in [5.41, 5.74) is 0.0944. The minimum Gasteiger partial charge on any atom is -0.393 e. The molecule has 0 spiro atoms. The van der Waals surface area contributed by atoms with Crippen molar-refractivity contribution in [1.82, 2.24) is 0 Å². The van der Waals surface area contributed by atoms with Crippen LogP contribution in [0, 0.1) is 29.1 Å². The highest BCUT2D eigenvalue weighted by molar-refractivity contribution is 7.81. The van der Waals surface area contributed by atoms with Crippen LogP contribution < -0.4 is 0 Å². The molecule has 4 aliphatic carbocycles. The Balaban J connectivity index is 1.75. The van der Waals surface area contributed by atoms with Crippen LogP contribution in [0.25, 0.3) is 0 Å². The van der Waals surface area contributed by atoms with Gasteiger partial charge in [0, 0.05) is 10.7 Å². The van der Waals surface area contributed by atoms with Gasteiger partial charge in [-0.3, -0.25) is 0 Å². The molecule has 9 unspecified atom stereocenters. The summed E-state index contributed by atoms with van der Waals surface area (Å²) in [6.45, 7) is 2.34. The summed E-state index contributed by atoms with van der Waals surface area (Å²) < 4.78 is -0.219. The first kappa shape index (κ1) is 15.7. The second kappa shape index (κ2) is 5.11. The maximum atomic E-state index is 10.9. The van der Waals surface area contributed by atoms with Crippen LogP contribution in [0.5, 0.6) is 0 Å². The van der Waals surface area contributed by atoms with Gasteiger partial charge in [-0.15, -0.1) is 0 Å². The Hall–Kier alpha value is 0.230. The summed E-state index contributed by atoms with van der Waals surface area (Å²) >= 11 is 5.18. The molecule has 4 saturated carbocycles. The monoisotopic (exact) mass is 326 g/mol. The Morgan fingerprint density at radius 2 is 1.68 bits per heavy atom. The first-order valence-electron chi connectivity index (χ1n) is 9.14. The first-order valence-corrected chi connectivity index (χ1v) is 9.59. The Morgan fingerprint density at radius 1 is 0.909 bits per heavy atom. The topological polar surface area (TPSA) is 60.7 Å². The molecule has 4 fully saturated rings. The van der Waals surface area contributed by atoms with Gasteiger partial charge in [-0.05, 0) is 61.7 Å². The number of thiol groups is 1. The van der Waals surface area contributed by atoms with Crippen LogP contribution in [-0.4, -0.2) is 38.4 Å². The maximum absolute atomic E-state index is 10.9. The van der Waals surface area contributed by atoms with Crippen molar-refractivity contribution in [3.05, 3.63) is 0 Å². The number of fused-ring (bicyclic) bond motifs is 5. The van der Waals surface area contributed by atoms with Gasteiger partial charge in [-0.25, -0.2) is 0 Å². The van der Waals surface area contributed by atoms with Crippen molar-refractivity contribution in [1.29, 1.82) is 0 Å². The van der Waals surface area contributed by atoms with Crippen molar-refractivity contribution >= 4 is 12.6 Å². The van der Waals surface area contributed by atoms with Gasteiger partial charge in [0.1, 0.15) is 0 Å². The lowest BCUT2D eigenvalue weighted by Crippen LogP contribution is -2.65. The molecule has 9 atom stereocenters. The number of hydrogen-bond acceptors (Lipinski definition) is 4. The van der Waals surface area contributed by atoms with Crippen LogP contribution in [0.2, 0.25) is 0 Å². The fourth-order valence-corrected chi connectivity index (χ4v) is 7.92. The summed E-state index contributed by atoms with van der Waals surface area (Å²) in [6, 6.07) is 0. The second-order valence-corrected chi connectivity index (χ2v) is 9.64. The van der Waals surface area contributed by atoms with Crippen LogP contribution in [0.1, 0.15) is 58.3 Å². The molecular formula is C18H30O3S. The molecule has 0 saturated heterocycles. The Bertz CT molecular complexity index is 458. The normalized spacial score (nSPS) is 61.2. The van der Waals surface area contributed by atoms with E-state index >= 15 is 0 Å². The Labute approximate surface area is 138 Å². The predicted molar refractivity (Wildman–Crippen MR) is 88.7 cm³/mol. The third-order valence-corrected chi connectivity index (χ3v) is 8.80. The van der Waals surface area contributed by atoms with Gasteiger partial charge in [-0.2, -0.15) is 12.6 Å². The highest BCUT2D eigenvalue weighted by Crippen LogP contribution is 2.66. The van der Waals surface area contributed by atoms with Gasteiger partial charge in [0.15, 0.2) is 0 Å². The number of aliphatic hydroxyl groups excluding tert-OH is 3. The van der Waals surface area contributed by atoms with Crippen molar-refractivity contribution in [3.8, 4) is 0 Å². The van der Waals surface area contributed by atoms with E-state index < -0.39 is 6.10 Å². The van der Waals surface area contributed by atoms with E-state index in [1.165, 1.54) is 12.8 Å². The average molecular weight is 327 g/mol. The van der Waals surface area contributed by atoms with Gasteiger partial charge in [-0.1, -0.05) is 19.8 Å². The van der Waals surface area contributed by atoms with Crippen LogP contribution >= 0.6 is 12.6 Å². The van der Waals surface area contributed by atoms with E-state index in [0.29, 0.717) is 11.8 Å². The van der Waals surface area contributed by atoms with Crippen LogP contribution in [0.15, 0.2) is 0 Å². The Morgan fingerprint density at radius 3 is 2.45 bits per heavy atom. The van der Waals surface area contributed by atoms with Gasteiger partial charge in [0.05, 0.1) is 18.3 Å². The zero-order valence-electron chi connectivity index (χ0n) is 13.5. The van der Waals surface area contributed by atoms with Crippen LogP contribution in [0.4, 0.5) is 0 Å². The van der Waals surface area contributed by atoms with E-state index in [1.54, 1.807) is 0 Å². The summed E-state index contributed by atoms with van der Waals surface area (Å²) in [5.74, 6) is 0.929. The zero-order valence-corrected chi connectivity index (χ0v) is 14.4. The lowest BCUT2D eigenvalue weighted by molar-refractivity contribution is -0.156. The fourth-order valence-electron chi connectivity index (χ4n) is 7.03. The summed E-state index contributed by atoms with van der Waals surface area (Å²) in [4.78, 5) is 0. The third-order valence-electron chi connectivity index (χ3n) is 7.97. The molecule has 0 aromatic rings. The van der Waals surface area contributed by atoms with Gasteiger partial charge in [0.2, 0.25) is 0 Å². The van der Waals surface area contributed by atoms with Crippen molar-refractivity contribution in [3.63, 3.8) is 0 Å². The SMILES string of the molecule is CC12CCCCC1C(O)CC1(S)C3CCC(O)C3C(O)CC21. The fraction of sp³-hybridized carbons (Fsp3) is 1.00. The highest BCUT2D eigenvalue weighted by atomic mass is 32.1. The molecule has 3 nitrogen and oxygen atoms in total. The minimum atomic E-state index is -0.401. The molecule has 0 heterocycles. The molecule has 3 N–H and O–H groups in total. The zero-order chi connectivity index (χ0) is 15.7. The average Bonchev–Trinajstić information content (AvgIpc) is 2.86. The molecule has 126 valence electrons. The molecule has 0 amide bonds. The summed E-state index contributed by atoms with van der Waals surface area (Å²) in [7, 11) is 0. The molecule has 0 aromatic heterocycles. The van der Waals surface area contributed by atoms with E-state index in [1.807, 2.05) is 0 Å². The first-order chi connectivity index (χ1) is 10.4. The van der Waals surface area contributed by atoms with Gasteiger partial charge in [0.25, 0.3) is 0 Å². The number of rotatable bonds is 0. The molecule has 0 aromatic carbocycles. The summed E-state index contributed by atoms with van der Waals surface area (Å²) in [5, 5.41) is 31.9.